The third-order valence-electron chi connectivity index (χ3n) is 5.35. The molecule has 1 aromatic carbocycles. The third kappa shape index (κ3) is 3.44. The lowest BCUT2D eigenvalue weighted by Crippen LogP contribution is -2.04. The smallest absolute Gasteiger partial charge is 0.348 e. The van der Waals surface area contributed by atoms with E-state index in [4.69, 9.17) is 9.72 Å². The number of fused-ring (bicyclic) bond motifs is 3. The molecule has 4 aromatic heterocycles. The fourth-order valence-corrected chi connectivity index (χ4v) is 4.90. The van der Waals surface area contributed by atoms with E-state index in [1.54, 1.807) is 17.8 Å². The van der Waals surface area contributed by atoms with Crippen LogP contribution in [-0.2, 0) is 11.3 Å². The number of thiophene rings is 1. The first kappa shape index (κ1) is 20.3. The average molecular weight is 447 g/mol. The summed E-state index contributed by atoms with van der Waals surface area (Å²) in [6.45, 7) is 8.76. The molecule has 9 heteroatoms. The lowest BCUT2D eigenvalue weighted by atomic mass is 10.1. The zero-order chi connectivity index (χ0) is 22.4. The van der Waals surface area contributed by atoms with Crippen LogP contribution >= 0.6 is 11.3 Å². The van der Waals surface area contributed by atoms with Gasteiger partial charge in [0.2, 0.25) is 0 Å². The summed E-state index contributed by atoms with van der Waals surface area (Å²) in [6, 6.07) is 10.2. The van der Waals surface area contributed by atoms with Gasteiger partial charge in [-0.2, -0.15) is 5.10 Å². The summed E-state index contributed by atoms with van der Waals surface area (Å²) >= 11 is 1.32. The van der Waals surface area contributed by atoms with Crippen LogP contribution in [0.2, 0.25) is 0 Å². The molecule has 0 aliphatic rings. The molecule has 0 radical (unpaired) electrons. The molecule has 0 spiro atoms. The van der Waals surface area contributed by atoms with Gasteiger partial charge < -0.3 is 4.74 Å². The zero-order valence-corrected chi connectivity index (χ0v) is 19.1. The van der Waals surface area contributed by atoms with Crippen molar-refractivity contribution in [3.8, 4) is 11.4 Å². The molecule has 0 atom stereocenters. The van der Waals surface area contributed by atoms with E-state index in [1.165, 1.54) is 11.3 Å². The number of hydrogen-bond acceptors (Lipinski definition) is 7. The van der Waals surface area contributed by atoms with Crippen LogP contribution in [0.5, 0.6) is 0 Å². The zero-order valence-electron chi connectivity index (χ0n) is 18.3. The maximum absolute atomic E-state index is 12.3. The average Bonchev–Trinajstić information content (AvgIpc) is 3.43. The van der Waals surface area contributed by atoms with E-state index < -0.39 is 0 Å². The molecular weight excluding hydrogens is 424 g/mol. The highest BCUT2D eigenvalue weighted by Crippen LogP contribution is 2.33. The Morgan fingerprint density at radius 3 is 2.75 bits per heavy atom. The SMILES string of the molecule is CCOC(=O)c1sc2ncn3nc(-c4cccc(Cn5nc(C)cc5C)c4)nc3c2c1C. The van der Waals surface area contributed by atoms with Gasteiger partial charge in [0.15, 0.2) is 11.5 Å². The van der Waals surface area contributed by atoms with E-state index in [-0.39, 0.29) is 5.97 Å². The lowest BCUT2D eigenvalue weighted by Gasteiger charge is -2.06. The largest absolute Gasteiger partial charge is 0.462 e. The highest BCUT2D eigenvalue weighted by atomic mass is 32.1. The Morgan fingerprint density at radius 1 is 1.16 bits per heavy atom. The molecule has 0 saturated carbocycles. The van der Waals surface area contributed by atoms with E-state index in [9.17, 15) is 4.79 Å². The van der Waals surface area contributed by atoms with Crippen molar-refractivity contribution in [3.63, 3.8) is 0 Å². The van der Waals surface area contributed by atoms with Crippen LogP contribution in [0.15, 0.2) is 36.7 Å². The van der Waals surface area contributed by atoms with Gasteiger partial charge in [-0.05, 0) is 51.0 Å². The number of nitrogens with zero attached hydrogens (tertiary/aromatic N) is 6. The standard InChI is InChI=1S/C23H22N6O2S/c1-5-31-23(30)19-15(4)18-21-25-20(27-29(21)12-24-22(18)32-19)17-8-6-7-16(10-17)11-28-14(3)9-13(2)26-28/h6-10,12H,5,11H2,1-4H3. The molecule has 5 rings (SSSR count). The number of aromatic nitrogens is 6. The first-order valence-corrected chi connectivity index (χ1v) is 11.2. The van der Waals surface area contributed by atoms with Crippen molar-refractivity contribution in [2.75, 3.05) is 6.61 Å². The molecule has 8 nitrogen and oxygen atoms in total. The van der Waals surface area contributed by atoms with Gasteiger partial charge in [-0.3, -0.25) is 4.68 Å². The Labute approximate surface area is 188 Å². The molecule has 0 amide bonds. The molecular formula is C23H22N6O2S. The Hall–Kier alpha value is -3.59. The number of esters is 1. The van der Waals surface area contributed by atoms with E-state index in [0.29, 0.717) is 29.5 Å². The lowest BCUT2D eigenvalue weighted by molar-refractivity contribution is 0.0531. The molecule has 5 aromatic rings. The number of benzene rings is 1. The number of carbonyl (C=O) groups excluding carboxylic acids is 1. The minimum absolute atomic E-state index is 0.331. The summed E-state index contributed by atoms with van der Waals surface area (Å²) in [7, 11) is 0. The van der Waals surface area contributed by atoms with Crippen molar-refractivity contribution in [1.29, 1.82) is 0 Å². The monoisotopic (exact) mass is 446 g/mol. The second kappa shape index (κ2) is 7.83. The van der Waals surface area contributed by atoms with Crippen LogP contribution in [-0.4, -0.2) is 41.9 Å². The van der Waals surface area contributed by atoms with Gasteiger partial charge in [0.25, 0.3) is 0 Å². The van der Waals surface area contributed by atoms with Gasteiger partial charge in [0, 0.05) is 11.3 Å². The van der Waals surface area contributed by atoms with Crippen molar-refractivity contribution in [1.82, 2.24) is 29.4 Å². The van der Waals surface area contributed by atoms with E-state index in [2.05, 4.69) is 40.3 Å². The Kier molecular flexibility index (Phi) is 4.97. The predicted molar refractivity (Wildman–Crippen MR) is 123 cm³/mol. The van der Waals surface area contributed by atoms with Crippen LogP contribution in [0.3, 0.4) is 0 Å². The summed E-state index contributed by atoms with van der Waals surface area (Å²) < 4.78 is 8.85. The van der Waals surface area contributed by atoms with Crippen LogP contribution in [0.1, 0.15) is 39.1 Å². The number of hydrogen-bond donors (Lipinski definition) is 0. The summed E-state index contributed by atoms with van der Waals surface area (Å²) in [4.78, 5) is 22.9. The van der Waals surface area contributed by atoms with Crippen molar-refractivity contribution in [2.45, 2.75) is 34.2 Å². The molecule has 0 unspecified atom stereocenters. The Balaban J connectivity index is 1.56. The maximum Gasteiger partial charge on any atom is 0.348 e. The van der Waals surface area contributed by atoms with Crippen LogP contribution < -0.4 is 0 Å². The minimum Gasteiger partial charge on any atom is -0.462 e. The van der Waals surface area contributed by atoms with Gasteiger partial charge in [-0.25, -0.2) is 19.3 Å². The van der Waals surface area contributed by atoms with Crippen molar-refractivity contribution in [2.24, 2.45) is 0 Å². The van der Waals surface area contributed by atoms with Gasteiger partial charge in [0.05, 0.1) is 24.2 Å². The van der Waals surface area contributed by atoms with Crippen LogP contribution in [0, 0.1) is 20.8 Å². The summed E-state index contributed by atoms with van der Waals surface area (Å²) in [6.07, 6.45) is 1.64. The predicted octanol–water partition coefficient (Wildman–Crippen LogP) is 4.35. The highest BCUT2D eigenvalue weighted by Gasteiger charge is 2.21. The molecule has 0 N–H and O–H groups in total. The van der Waals surface area contributed by atoms with E-state index in [0.717, 1.165) is 38.3 Å². The molecule has 0 aliphatic heterocycles. The normalized spacial score (nSPS) is 11.5. The van der Waals surface area contributed by atoms with Crippen LogP contribution in [0.4, 0.5) is 0 Å². The third-order valence-corrected chi connectivity index (χ3v) is 6.53. The van der Waals surface area contributed by atoms with Crippen molar-refractivity contribution >= 4 is 33.2 Å². The van der Waals surface area contributed by atoms with Crippen molar-refractivity contribution < 1.29 is 9.53 Å². The Bertz CT molecular complexity index is 1480. The first-order chi connectivity index (χ1) is 15.4. The van der Waals surface area contributed by atoms with Gasteiger partial charge in [0.1, 0.15) is 16.0 Å². The fraction of sp³-hybridized carbons (Fsp3) is 0.261. The molecule has 162 valence electrons. The van der Waals surface area contributed by atoms with Gasteiger partial charge in [-0.15, -0.1) is 16.4 Å². The summed E-state index contributed by atoms with van der Waals surface area (Å²) in [5.41, 5.74) is 5.66. The van der Waals surface area contributed by atoms with E-state index in [1.807, 2.05) is 30.7 Å². The fourth-order valence-electron chi connectivity index (χ4n) is 3.86. The van der Waals surface area contributed by atoms with Crippen LogP contribution in [0.25, 0.3) is 27.3 Å². The topological polar surface area (TPSA) is 87.2 Å². The number of aryl methyl sites for hydroxylation is 3. The first-order valence-electron chi connectivity index (χ1n) is 10.4. The molecule has 4 heterocycles. The highest BCUT2D eigenvalue weighted by molar-refractivity contribution is 7.20. The number of carbonyl (C=O) groups is 1. The Morgan fingerprint density at radius 2 is 2.00 bits per heavy atom. The molecule has 0 saturated heterocycles. The quantitative estimate of drug-likeness (QED) is 0.373. The molecule has 0 fully saturated rings. The number of ether oxygens (including phenoxy) is 1. The minimum atomic E-state index is -0.331. The second-order valence-electron chi connectivity index (χ2n) is 7.69. The van der Waals surface area contributed by atoms with E-state index >= 15 is 0 Å². The summed E-state index contributed by atoms with van der Waals surface area (Å²) in [5, 5.41) is 10.0. The number of rotatable bonds is 5. The summed E-state index contributed by atoms with van der Waals surface area (Å²) in [5.74, 6) is 0.278. The second-order valence-corrected chi connectivity index (χ2v) is 8.69. The maximum atomic E-state index is 12.3. The molecule has 0 aliphatic carbocycles. The van der Waals surface area contributed by atoms with Gasteiger partial charge in [-0.1, -0.05) is 18.2 Å². The van der Waals surface area contributed by atoms with Gasteiger partial charge >= 0.3 is 5.97 Å². The molecule has 0 bridgehead atoms. The molecule has 32 heavy (non-hydrogen) atoms. The van der Waals surface area contributed by atoms with Crippen molar-refractivity contribution in [3.05, 3.63) is 64.1 Å².